The Morgan fingerprint density at radius 1 is 0.944 bits per heavy atom. The molecule has 0 unspecified atom stereocenters. The highest BCUT2D eigenvalue weighted by Gasteiger charge is 2.13. The molecule has 0 heterocycles. The second-order valence-electron chi connectivity index (χ2n) is 3.57. The van der Waals surface area contributed by atoms with E-state index in [0.717, 1.165) is 3.57 Å². The van der Waals surface area contributed by atoms with E-state index in [9.17, 15) is 8.42 Å². The number of anilines is 1. The molecule has 94 valence electrons. The Hall–Kier alpha value is -0.790. The molecule has 0 aliphatic rings. The average molecular weight is 394 g/mol. The van der Waals surface area contributed by atoms with Gasteiger partial charge in [-0.05, 0) is 71.1 Å². The lowest BCUT2D eigenvalue weighted by Crippen LogP contribution is -2.12. The fraction of sp³-hybridized carbons (Fsp3) is 0. The molecular weight excluding hydrogens is 385 g/mol. The molecule has 0 saturated carbocycles. The molecule has 0 aromatic heterocycles. The molecule has 0 saturated heterocycles. The first-order valence-corrected chi connectivity index (χ1v) is 7.95. The number of benzene rings is 2. The monoisotopic (exact) mass is 393 g/mol. The lowest BCUT2D eigenvalue weighted by Gasteiger charge is -2.08. The molecule has 1 N–H and O–H groups in total. The van der Waals surface area contributed by atoms with Crippen LogP contribution in [0.2, 0.25) is 5.02 Å². The van der Waals surface area contributed by atoms with E-state index in [0.29, 0.717) is 10.7 Å². The highest BCUT2D eigenvalue weighted by molar-refractivity contribution is 14.1. The van der Waals surface area contributed by atoms with Crippen molar-refractivity contribution in [3.05, 3.63) is 57.1 Å². The highest BCUT2D eigenvalue weighted by atomic mass is 127. The number of nitrogens with one attached hydrogen (secondary N) is 1. The molecule has 6 heteroatoms. The van der Waals surface area contributed by atoms with Crippen LogP contribution in [0.3, 0.4) is 0 Å². The Bertz CT molecular complexity index is 639. The van der Waals surface area contributed by atoms with E-state index in [2.05, 4.69) is 27.3 Å². The maximum atomic E-state index is 12.0. The Labute approximate surface area is 124 Å². The van der Waals surface area contributed by atoms with Crippen molar-refractivity contribution < 1.29 is 8.42 Å². The van der Waals surface area contributed by atoms with Gasteiger partial charge < -0.3 is 0 Å². The summed E-state index contributed by atoms with van der Waals surface area (Å²) in [7, 11) is -3.55. The summed E-state index contributed by atoms with van der Waals surface area (Å²) in [6.07, 6.45) is 0. The molecule has 3 nitrogen and oxygen atoms in total. The summed E-state index contributed by atoms with van der Waals surface area (Å²) < 4.78 is 27.6. The summed E-state index contributed by atoms with van der Waals surface area (Å²) in [4.78, 5) is 0.186. The van der Waals surface area contributed by atoms with Crippen LogP contribution in [0.5, 0.6) is 0 Å². The quantitative estimate of drug-likeness (QED) is 0.808. The van der Waals surface area contributed by atoms with Gasteiger partial charge in [0, 0.05) is 14.3 Å². The van der Waals surface area contributed by atoms with Crippen LogP contribution in [0.25, 0.3) is 0 Å². The number of hydrogen-bond acceptors (Lipinski definition) is 2. The van der Waals surface area contributed by atoms with Gasteiger partial charge in [0.25, 0.3) is 10.0 Å². The standard InChI is InChI=1S/C12H9ClINO2S/c13-9-1-7-12(8-2-9)18(16,17)15-11-5-3-10(14)4-6-11/h1-8,15H. The Balaban J connectivity index is 2.27. The summed E-state index contributed by atoms with van der Waals surface area (Å²) in [5.74, 6) is 0. The molecule has 2 aromatic carbocycles. The Morgan fingerprint density at radius 2 is 1.50 bits per heavy atom. The first-order valence-electron chi connectivity index (χ1n) is 5.01. The number of sulfonamides is 1. The molecule has 0 fully saturated rings. The van der Waals surface area contributed by atoms with Crippen LogP contribution in [-0.4, -0.2) is 8.42 Å². The smallest absolute Gasteiger partial charge is 0.261 e. The van der Waals surface area contributed by atoms with Crippen molar-refractivity contribution in [1.82, 2.24) is 0 Å². The van der Waals surface area contributed by atoms with Crippen LogP contribution in [0.15, 0.2) is 53.4 Å². The minimum atomic E-state index is -3.55. The fourth-order valence-corrected chi connectivity index (χ4v) is 2.89. The summed E-state index contributed by atoms with van der Waals surface area (Å²) in [6, 6.07) is 13.1. The molecule has 0 aliphatic carbocycles. The SMILES string of the molecule is O=S(=O)(Nc1ccc(I)cc1)c1ccc(Cl)cc1. The van der Waals surface area contributed by atoms with E-state index < -0.39 is 10.0 Å². The minimum Gasteiger partial charge on any atom is -0.280 e. The van der Waals surface area contributed by atoms with Crippen LogP contribution in [0.4, 0.5) is 5.69 Å². The van der Waals surface area contributed by atoms with Crippen molar-refractivity contribution >= 4 is 49.9 Å². The van der Waals surface area contributed by atoms with Crippen molar-refractivity contribution in [3.63, 3.8) is 0 Å². The van der Waals surface area contributed by atoms with Crippen LogP contribution in [0, 0.1) is 3.57 Å². The predicted molar refractivity (Wildman–Crippen MR) is 81.4 cm³/mol. The molecule has 0 aliphatic heterocycles. The number of halogens is 2. The molecule has 0 amide bonds. The third kappa shape index (κ3) is 3.37. The summed E-state index contributed by atoms with van der Waals surface area (Å²) in [5, 5.41) is 0.503. The summed E-state index contributed by atoms with van der Waals surface area (Å²) in [6.45, 7) is 0. The molecule has 0 bridgehead atoms. The first-order chi connectivity index (χ1) is 8.47. The largest absolute Gasteiger partial charge is 0.280 e. The number of rotatable bonds is 3. The third-order valence-corrected chi connectivity index (χ3v) is 4.59. The maximum Gasteiger partial charge on any atom is 0.261 e. The zero-order chi connectivity index (χ0) is 13.2. The van der Waals surface area contributed by atoms with Crippen LogP contribution >= 0.6 is 34.2 Å². The van der Waals surface area contributed by atoms with E-state index in [1.54, 1.807) is 24.3 Å². The lowest BCUT2D eigenvalue weighted by atomic mass is 10.3. The Morgan fingerprint density at radius 3 is 2.06 bits per heavy atom. The second kappa shape index (κ2) is 5.46. The van der Waals surface area contributed by atoms with Crippen LogP contribution in [-0.2, 0) is 10.0 Å². The summed E-state index contributed by atoms with van der Waals surface area (Å²) in [5.41, 5.74) is 0.533. The van der Waals surface area contributed by atoms with Crippen molar-refractivity contribution in [1.29, 1.82) is 0 Å². The van der Waals surface area contributed by atoms with Gasteiger partial charge in [0.15, 0.2) is 0 Å². The fourth-order valence-electron chi connectivity index (χ4n) is 1.35. The van der Waals surface area contributed by atoms with E-state index in [1.807, 2.05) is 12.1 Å². The number of hydrogen-bond donors (Lipinski definition) is 1. The van der Waals surface area contributed by atoms with Gasteiger partial charge in [-0.3, -0.25) is 4.72 Å². The average Bonchev–Trinajstić information content (AvgIpc) is 2.32. The normalized spacial score (nSPS) is 11.2. The van der Waals surface area contributed by atoms with E-state index in [1.165, 1.54) is 12.1 Å². The zero-order valence-corrected chi connectivity index (χ0v) is 12.8. The van der Waals surface area contributed by atoms with Gasteiger partial charge in [-0.1, -0.05) is 11.6 Å². The molecule has 0 atom stereocenters. The van der Waals surface area contributed by atoms with Gasteiger partial charge in [-0.25, -0.2) is 8.42 Å². The van der Waals surface area contributed by atoms with Gasteiger partial charge in [-0.15, -0.1) is 0 Å². The topological polar surface area (TPSA) is 46.2 Å². The second-order valence-corrected chi connectivity index (χ2v) is 6.93. The van der Waals surface area contributed by atoms with E-state index in [-0.39, 0.29) is 4.90 Å². The van der Waals surface area contributed by atoms with Crippen LogP contribution in [0.1, 0.15) is 0 Å². The van der Waals surface area contributed by atoms with E-state index in [4.69, 9.17) is 11.6 Å². The zero-order valence-electron chi connectivity index (χ0n) is 9.10. The van der Waals surface area contributed by atoms with Crippen molar-refractivity contribution in [3.8, 4) is 0 Å². The van der Waals surface area contributed by atoms with Gasteiger partial charge in [-0.2, -0.15) is 0 Å². The predicted octanol–water partition coefficient (Wildman–Crippen LogP) is 3.75. The molecule has 2 rings (SSSR count). The van der Waals surface area contributed by atoms with Crippen molar-refractivity contribution in [2.75, 3.05) is 4.72 Å². The highest BCUT2D eigenvalue weighted by Crippen LogP contribution is 2.18. The van der Waals surface area contributed by atoms with Crippen molar-refractivity contribution in [2.24, 2.45) is 0 Å². The lowest BCUT2D eigenvalue weighted by molar-refractivity contribution is 0.601. The van der Waals surface area contributed by atoms with Gasteiger partial charge >= 0.3 is 0 Å². The molecule has 2 aromatic rings. The molecule has 0 radical (unpaired) electrons. The van der Waals surface area contributed by atoms with Crippen molar-refractivity contribution in [2.45, 2.75) is 4.90 Å². The Kier molecular flexibility index (Phi) is 4.14. The minimum absolute atomic E-state index is 0.186. The van der Waals surface area contributed by atoms with Gasteiger partial charge in [0.1, 0.15) is 0 Å². The van der Waals surface area contributed by atoms with Gasteiger partial charge in [0.2, 0.25) is 0 Å². The first kappa shape index (κ1) is 13.6. The molecule has 18 heavy (non-hydrogen) atoms. The molecular formula is C12H9ClINO2S. The van der Waals surface area contributed by atoms with E-state index >= 15 is 0 Å². The summed E-state index contributed by atoms with van der Waals surface area (Å²) >= 11 is 7.88. The molecule has 0 spiro atoms. The van der Waals surface area contributed by atoms with Gasteiger partial charge in [0.05, 0.1) is 4.90 Å². The van der Waals surface area contributed by atoms with Crippen LogP contribution < -0.4 is 4.72 Å². The maximum absolute atomic E-state index is 12.0. The third-order valence-electron chi connectivity index (χ3n) is 2.22.